The van der Waals surface area contributed by atoms with E-state index in [1.54, 1.807) is 25.1 Å². The molecule has 5 heteroatoms. The Morgan fingerprint density at radius 3 is 2.24 bits per heavy atom. The molecule has 1 N–H and O–H groups in total. The number of ether oxygens (including phenoxy) is 2. The second-order valence-corrected chi connectivity index (χ2v) is 6.01. The van der Waals surface area contributed by atoms with Crippen LogP contribution in [-0.2, 0) is 14.3 Å². The van der Waals surface area contributed by atoms with Gasteiger partial charge in [-0.05, 0) is 57.5 Å². The Labute approximate surface area is 148 Å². The van der Waals surface area contributed by atoms with E-state index in [2.05, 4.69) is 5.32 Å². The van der Waals surface area contributed by atoms with E-state index in [4.69, 9.17) is 9.47 Å². The fourth-order valence-electron chi connectivity index (χ4n) is 2.15. The minimum atomic E-state index is -0.919. The number of anilines is 1. The van der Waals surface area contributed by atoms with Crippen molar-refractivity contribution in [2.75, 3.05) is 5.32 Å². The van der Waals surface area contributed by atoms with E-state index in [1.165, 1.54) is 6.92 Å². The summed E-state index contributed by atoms with van der Waals surface area (Å²) in [5, 5.41) is 2.71. The van der Waals surface area contributed by atoms with Gasteiger partial charge in [-0.25, -0.2) is 4.79 Å². The number of carbonyl (C=O) groups excluding carboxylic acids is 2. The van der Waals surface area contributed by atoms with Gasteiger partial charge in [0.05, 0.1) is 0 Å². The molecule has 0 radical (unpaired) electrons. The molecule has 0 unspecified atom stereocenters. The van der Waals surface area contributed by atoms with Gasteiger partial charge in [0.2, 0.25) is 0 Å². The van der Waals surface area contributed by atoms with Crippen LogP contribution < -0.4 is 10.1 Å². The normalized spacial score (nSPS) is 12.8. The van der Waals surface area contributed by atoms with Crippen molar-refractivity contribution in [3.63, 3.8) is 0 Å². The first kappa shape index (κ1) is 18.5. The minimum absolute atomic E-state index is 0.389. The largest absolute Gasteiger partial charge is 0.479 e. The summed E-state index contributed by atoms with van der Waals surface area (Å²) in [6.07, 6.45) is -1.73. The molecule has 2 atom stereocenters. The standard InChI is InChI=1S/C20H23NO4/c1-13-8-10-17(11-9-13)21-19(22)15(3)25-20(23)16(4)24-18-7-5-6-14(2)12-18/h5-12,15-16H,1-4H3,(H,21,22)/t15-,16+/m1/s1. The molecule has 2 aromatic rings. The van der Waals surface area contributed by atoms with E-state index in [-0.39, 0.29) is 5.91 Å². The third kappa shape index (κ3) is 5.64. The van der Waals surface area contributed by atoms with Crippen molar-refractivity contribution in [2.24, 2.45) is 0 Å². The van der Waals surface area contributed by atoms with E-state index in [0.29, 0.717) is 11.4 Å². The Balaban J connectivity index is 1.87. The molecule has 0 aliphatic rings. The molecular formula is C20H23NO4. The zero-order chi connectivity index (χ0) is 18.4. The van der Waals surface area contributed by atoms with Crippen molar-refractivity contribution >= 4 is 17.6 Å². The zero-order valence-electron chi connectivity index (χ0n) is 14.9. The van der Waals surface area contributed by atoms with Crippen LogP contribution in [-0.4, -0.2) is 24.1 Å². The van der Waals surface area contributed by atoms with Crippen LogP contribution in [0.5, 0.6) is 5.75 Å². The van der Waals surface area contributed by atoms with Crippen LogP contribution in [0.2, 0.25) is 0 Å². The predicted molar refractivity (Wildman–Crippen MR) is 96.6 cm³/mol. The highest BCUT2D eigenvalue weighted by Gasteiger charge is 2.23. The molecule has 2 rings (SSSR count). The third-order valence-electron chi connectivity index (χ3n) is 3.62. The number of aryl methyl sites for hydroxylation is 2. The minimum Gasteiger partial charge on any atom is -0.479 e. The van der Waals surface area contributed by atoms with Crippen molar-refractivity contribution in [1.82, 2.24) is 0 Å². The molecule has 0 aliphatic heterocycles. The molecule has 5 nitrogen and oxygen atoms in total. The van der Waals surface area contributed by atoms with Crippen molar-refractivity contribution in [3.8, 4) is 5.75 Å². The van der Waals surface area contributed by atoms with Crippen LogP contribution in [0.4, 0.5) is 5.69 Å². The van der Waals surface area contributed by atoms with Gasteiger partial charge in [-0.15, -0.1) is 0 Å². The van der Waals surface area contributed by atoms with E-state index in [0.717, 1.165) is 11.1 Å². The first-order valence-corrected chi connectivity index (χ1v) is 8.16. The molecule has 0 aliphatic carbocycles. The van der Waals surface area contributed by atoms with Gasteiger partial charge in [0.1, 0.15) is 5.75 Å². The topological polar surface area (TPSA) is 64.6 Å². The van der Waals surface area contributed by atoms with Crippen LogP contribution in [0.15, 0.2) is 48.5 Å². The van der Waals surface area contributed by atoms with Gasteiger partial charge in [0, 0.05) is 5.69 Å². The molecule has 0 spiro atoms. The van der Waals surface area contributed by atoms with E-state index in [9.17, 15) is 9.59 Å². The van der Waals surface area contributed by atoms with E-state index >= 15 is 0 Å². The summed E-state index contributed by atoms with van der Waals surface area (Å²) in [6, 6.07) is 14.8. The van der Waals surface area contributed by atoms with Crippen LogP contribution in [0.3, 0.4) is 0 Å². The number of hydrogen-bond donors (Lipinski definition) is 1. The Kier molecular flexibility index (Phi) is 6.17. The monoisotopic (exact) mass is 341 g/mol. The van der Waals surface area contributed by atoms with Gasteiger partial charge in [-0.2, -0.15) is 0 Å². The number of carbonyl (C=O) groups is 2. The maximum Gasteiger partial charge on any atom is 0.347 e. The highest BCUT2D eigenvalue weighted by Crippen LogP contribution is 2.15. The lowest BCUT2D eigenvalue weighted by molar-refractivity contribution is -0.159. The lowest BCUT2D eigenvalue weighted by Gasteiger charge is -2.18. The van der Waals surface area contributed by atoms with Gasteiger partial charge in [-0.3, -0.25) is 4.79 Å². The molecule has 0 fully saturated rings. The molecule has 0 heterocycles. The first-order valence-electron chi connectivity index (χ1n) is 8.16. The average Bonchev–Trinajstić information content (AvgIpc) is 2.56. The van der Waals surface area contributed by atoms with Gasteiger partial charge in [-0.1, -0.05) is 29.8 Å². The zero-order valence-corrected chi connectivity index (χ0v) is 14.9. The maximum absolute atomic E-state index is 12.1. The third-order valence-corrected chi connectivity index (χ3v) is 3.62. The first-order chi connectivity index (χ1) is 11.8. The number of rotatable bonds is 6. The molecular weight excluding hydrogens is 318 g/mol. The van der Waals surface area contributed by atoms with Crippen LogP contribution >= 0.6 is 0 Å². The number of esters is 1. The molecule has 1 amide bonds. The highest BCUT2D eigenvalue weighted by molar-refractivity contribution is 5.95. The summed E-state index contributed by atoms with van der Waals surface area (Å²) in [6.45, 7) is 7.02. The second kappa shape index (κ2) is 8.33. The highest BCUT2D eigenvalue weighted by atomic mass is 16.6. The summed E-state index contributed by atoms with van der Waals surface area (Å²) in [4.78, 5) is 24.2. The van der Waals surface area contributed by atoms with E-state index in [1.807, 2.05) is 44.2 Å². The number of amides is 1. The molecule has 0 saturated carbocycles. The Bertz CT molecular complexity index is 740. The molecule has 2 aromatic carbocycles. The summed E-state index contributed by atoms with van der Waals surface area (Å²) >= 11 is 0. The lowest BCUT2D eigenvalue weighted by atomic mass is 10.2. The Hall–Kier alpha value is -2.82. The number of nitrogens with one attached hydrogen (secondary N) is 1. The van der Waals surface area contributed by atoms with Crippen molar-refractivity contribution < 1.29 is 19.1 Å². The fourth-order valence-corrected chi connectivity index (χ4v) is 2.15. The predicted octanol–water partition coefficient (Wildman–Crippen LogP) is 3.64. The van der Waals surface area contributed by atoms with Gasteiger partial charge in [0.15, 0.2) is 12.2 Å². The second-order valence-electron chi connectivity index (χ2n) is 6.01. The van der Waals surface area contributed by atoms with Crippen LogP contribution in [0, 0.1) is 13.8 Å². The molecule has 0 saturated heterocycles. The summed E-state index contributed by atoms with van der Waals surface area (Å²) < 4.78 is 10.8. The Morgan fingerprint density at radius 1 is 0.920 bits per heavy atom. The summed E-state index contributed by atoms with van der Waals surface area (Å²) in [5.74, 6) is -0.394. The maximum atomic E-state index is 12.1. The lowest BCUT2D eigenvalue weighted by Crippen LogP contribution is -2.35. The summed E-state index contributed by atoms with van der Waals surface area (Å²) in [7, 11) is 0. The smallest absolute Gasteiger partial charge is 0.347 e. The van der Waals surface area contributed by atoms with Crippen molar-refractivity contribution in [3.05, 3.63) is 59.7 Å². The van der Waals surface area contributed by atoms with Crippen molar-refractivity contribution in [2.45, 2.75) is 39.9 Å². The van der Waals surface area contributed by atoms with E-state index < -0.39 is 18.2 Å². The SMILES string of the molecule is Cc1ccc(NC(=O)[C@@H](C)OC(=O)[C@H](C)Oc2cccc(C)c2)cc1. The molecule has 25 heavy (non-hydrogen) atoms. The van der Waals surface area contributed by atoms with Gasteiger partial charge >= 0.3 is 5.97 Å². The number of hydrogen-bond acceptors (Lipinski definition) is 4. The summed E-state index contributed by atoms with van der Waals surface area (Å²) in [5.41, 5.74) is 2.78. The van der Waals surface area contributed by atoms with Gasteiger partial charge < -0.3 is 14.8 Å². The van der Waals surface area contributed by atoms with Crippen LogP contribution in [0.25, 0.3) is 0 Å². The molecule has 0 aromatic heterocycles. The van der Waals surface area contributed by atoms with Gasteiger partial charge in [0.25, 0.3) is 5.91 Å². The quantitative estimate of drug-likeness (QED) is 0.815. The van der Waals surface area contributed by atoms with Crippen molar-refractivity contribution in [1.29, 1.82) is 0 Å². The van der Waals surface area contributed by atoms with Crippen LogP contribution in [0.1, 0.15) is 25.0 Å². The molecule has 0 bridgehead atoms. The Morgan fingerprint density at radius 2 is 1.60 bits per heavy atom. The number of benzene rings is 2. The average molecular weight is 341 g/mol. The molecule has 132 valence electrons. The fraction of sp³-hybridized carbons (Fsp3) is 0.300.